The number of halogens is 1. The maximum absolute atomic E-state index is 12.4. The summed E-state index contributed by atoms with van der Waals surface area (Å²) >= 11 is 0. The average Bonchev–Trinajstić information content (AvgIpc) is 2.56. The number of amides is 2. The number of carbonyl (C=O) groups excluding carboxylic acids is 1. The van der Waals surface area contributed by atoms with Gasteiger partial charge in [0.1, 0.15) is 0 Å². The normalized spacial score (nSPS) is 19.1. The zero-order valence-corrected chi connectivity index (χ0v) is 13.2. The maximum Gasteiger partial charge on any atom is 0.320 e. The largest absolute Gasteiger partial charge is 0.368 e. The van der Waals surface area contributed by atoms with Crippen LogP contribution in [0.1, 0.15) is 19.3 Å². The number of urea groups is 1. The Morgan fingerprint density at radius 2 is 1.33 bits per heavy atom. The molecule has 2 fully saturated rings. The van der Waals surface area contributed by atoms with Gasteiger partial charge in [-0.3, -0.25) is 0 Å². The van der Waals surface area contributed by atoms with E-state index in [1.54, 1.807) is 0 Å². The Bertz CT molecular complexity index is 440. The second-order valence-electron chi connectivity index (χ2n) is 5.64. The summed E-state index contributed by atoms with van der Waals surface area (Å²) in [6.45, 7) is 5.43. The van der Waals surface area contributed by atoms with Crippen molar-refractivity contribution < 1.29 is 4.79 Å². The van der Waals surface area contributed by atoms with Crippen molar-refractivity contribution in [2.24, 2.45) is 0 Å². The third-order valence-corrected chi connectivity index (χ3v) is 4.30. The SMILES string of the molecule is Cl.O=C(N1CCCCC1)N1CCN(c2ccccc2)CC1. The first-order valence-electron chi connectivity index (χ1n) is 7.68. The van der Waals surface area contributed by atoms with E-state index in [4.69, 9.17) is 0 Å². The number of carbonyl (C=O) groups is 1. The molecular weight excluding hydrogens is 286 g/mol. The Balaban J connectivity index is 0.00000161. The van der Waals surface area contributed by atoms with E-state index in [1.807, 2.05) is 15.9 Å². The topological polar surface area (TPSA) is 26.8 Å². The predicted octanol–water partition coefficient (Wildman–Crippen LogP) is 2.84. The number of piperazine rings is 1. The summed E-state index contributed by atoms with van der Waals surface area (Å²) in [5.74, 6) is 0. The molecule has 0 aromatic heterocycles. The van der Waals surface area contributed by atoms with Crippen LogP contribution in [0.25, 0.3) is 0 Å². The molecule has 3 rings (SSSR count). The van der Waals surface area contributed by atoms with Crippen molar-refractivity contribution in [2.75, 3.05) is 44.2 Å². The van der Waals surface area contributed by atoms with Gasteiger partial charge in [0.05, 0.1) is 0 Å². The fraction of sp³-hybridized carbons (Fsp3) is 0.562. The Hall–Kier alpha value is -1.42. The molecule has 0 bridgehead atoms. The highest BCUT2D eigenvalue weighted by Crippen LogP contribution is 2.17. The summed E-state index contributed by atoms with van der Waals surface area (Å²) in [6, 6.07) is 10.7. The number of hydrogen-bond donors (Lipinski definition) is 0. The molecule has 2 amide bonds. The maximum atomic E-state index is 12.4. The lowest BCUT2D eigenvalue weighted by molar-refractivity contribution is 0.141. The van der Waals surface area contributed by atoms with Gasteiger partial charge in [-0.1, -0.05) is 18.2 Å². The average molecular weight is 310 g/mol. The van der Waals surface area contributed by atoms with Gasteiger partial charge in [0.2, 0.25) is 0 Å². The number of para-hydroxylation sites is 1. The third kappa shape index (κ3) is 3.82. The van der Waals surface area contributed by atoms with E-state index in [2.05, 4.69) is 29.2 Å². The van der Waals surface area contributed by atoms with Crippen LogP contribution in [0.3, 0.4) is 0 Å². The van der Waals surface area contributed by atoms with E-state index in [0.717, 1.165) is 52.1 Å². The smallest absolute Gasteiger partial charge is 0.320 e. The lowest BCUT2D eigenvalue weighted by atomic mass is 10.1. The lowest BCUT2D eigenvalue weighted by Crippen LogP contribution is -2.53. The van der Waals surface area contributed by atoms with E-state index in [1.165, 1.54) is 12.1 Å². The van der Waals surface area contributed by atoms with Crippen LogP contribution in [0.5, 0.6) is 0 Å². The number of piperidine rings is 1. The number of rotatable bonds is 1. The molecule has 1 aromatic rings. The summed E-state index contributed by atoms with van der Waals surface area (Å²) in [5.41, 5.74) is 1.26. The first kappa shape index (κ1) is 16.0. The molecule has 2 aliphatic rings. The minimum absolute atomic E-state index is 0. The van der Waals surface area contributed by atoms with Gasteiger partial charge in [0, 0.05) is 45.0 Å². The van der Waals surface area contributed by atoms with Gasteiger partial charge in [-0.25, -0.2) is 4.79 Å². The Labute approximate surface area is 133 Å². The number of anilines is 1. The van der Waals surface area contributed by atoms with Crippen molar-refractivity contribution in [2.45, 2.75) is 19.3 Å². The minimum Gasteiger partial charge on any atom is -0.368 e. The highest BCUT2D eigenvalue weighted by Gasteiger charge is 2.25. The lowest BCUT2D eigenvalue weighted by Gasteiger charge is -2.39. The predicted molar refractivity (Wildman–Crippen MR) is 88.3 cm³/mol. The van der Waals surface area contributed by atoms with Crippen LogP contribution in [0.2, 0.25) is 0 Å². The molecule has 0 unspecified atom stereocenters. The number of likely N-dealkylation sites (tertiary alicyclic amines) is 1. The molecule has 116 valence electrons. The zero-order valence-electron chi connectivity index (χ0n) is 12.4. The van der Waals surface area contributed by atoms with E-state index in [-0.39, 0.29) is 18.4 Å². The molecule has 0 N–H and O–H groups in total. The van der Waals surface area contributed by atoms with Gasteiger partial charge in [0.25, 0.3) is 0 Å². The molecule has 4 nitrogen and oxygen atoms in total. The van der Waals surface area contributed by atoms with Crippen molar-refractivity contribution in [1.29, 1.82) is 0 Å². The van der Waals surface area contributed by atoms with Gasteiger partial charge in [-0.05, 0) is 31.4 Å². The summed E-state index contributed by atoms with van der Waals surface area (Å²) < 4.78 is 0. The van der Waals surface area contributed by atoms with Gasteiger partial charge in [0.15, 0.2) is 0 Å². The van der Waals surface area contributed by atoms with Gasteiger partial charge in [-0.15, -0.1) is 12.4 Å². The summed E-state index contributed by atoms with van der Waals surface area (Å²) in [5, 5.41) is 0. The second kappa shape index (κ2) is 7.55. The quantitative estimate of drug-likeness (QED) is 0.797. The molecule has 2 aliphatic heterocycles. The molecule has 2 saturated heterocycles. The van der Waals surface area contributed by atoms with Crippen molar-refractivity contribution in [1.82, 2.24) is 9.80 Å². The van der Waals surface area contributed by atoms with Crippen LogP contribution in [0.15, 0.2) is 30.3 Å². The van der Waals surface area contributed by atoms with Gasteiger partial charge >= 0.3 is 6.03 Å². The fourth-order valence-electron chi connectivity index (χ4n) is 3.08. The van der Waals surface area contributed by atoms with Crippen LogP contribution < -0.4 is 4.90 Å². The highest BCUT2D eigenvalue weighted by molar-refractivity contribution is 5.85. The first-order valence-corrected chi connectivity index (χ1v) is 7.68. The van der Waals surface area contributed by atoms with Crippen LogP contribution in [0.4, 0.5) is 10.5 Å². The number of nitrogens with zero attached hydrogens (tertiary/aromatic N) is 3. The number of benzene rings is 1. The first-order chi connectivity index (χ1) is 9.84. The number of hydrogen-bond acceptors (Lipinski definition) is 2. The van der Waals surface area contributed by atoms with Crippen LogP contribution in [0, 0.1) is 0 Å². The summed E-state index contributed by atoms with van der Waals surface area (Å²) in [7, 11) is 0. The summed E-state index contributed by atoms with van der Waals surface area (Å²) in [4.78, 5) is 18.8. The highest BCUT2D eigenvalue weighted by atomic mass is 35.5. The standard InChI is InChI=1S/C16H23N3O.ClH/c20-16(18-9-5-2-6-10-18)19-13-11-17(12-14-19)15-7-3-1-4-8-15;/h1,3-4,7-8H,2,5-6,9-14H2;1H. The molecular formula is C16H24ClN3O. The summed E-state index contributed by atoms with van der Waals surface area (Å²) in [6.07, 6.45) is 3.59. The molecule has 0 radical (unpaired) electrons. The van der Waals surface area contributed by atoms with E-state index in [9.17, 15) is 4.79 Å². The van der Waals surface area contributed by atoms with Crippen molar-refractivity contribution in [3.05, 3.63) is 30.3 Å². The van der Waals surface area contributed by atoms with Crippen LogP contribution in [-0.4, -0.2) is 55.1 Å². The molecule has 1 aromatic carbocycles. The molecule has 0 spiro atoms. The Kier molecular flexibility index (Phi) is 5.74. The van der Waals surface area contributed by atoms with E-state index in [0.29, 0.717) is 0 Å². The molecule has 0 saturated carbocycles. The molecule has 0 aliphatic carbocycles. The van der Waals surface area contributed by atoms with Crippen LogP contribution >= 0.6 is 12.4 Å². The van der Waals surface area contributed by atoms with E-state index >= 15 is 0 Å². The van der Waals surface area contributed by atoms with Crippen molar-refractivity contribution >= 4 is 24.1 Å². The van der Waals surface area contributed by atoms with Crippen molar-refractivity contribution in [3.63, 3.8) is 0 Å². The Morgan fingerprint density at radius 1 is 0.762 bits per heavy atom. The van der Waals surface area contributed by atoms with Crippen LogP contribution in [-0.2, 0) is 0 Å². The molecule has 5 heteroatoms. The monoisotopic (exact) mass is 309 g/mol. The molecule has 2 heterocycles. The Morgan fingerprint density at radius 3 is 1.95 bits per heavy atom. The van der Waals surface area contributed by atoms with E-state index < -0.39 is 0 Å². The second-order valence-corrected chi connectivity index (χ2v) is 5.64. The third-order valence-electron chi connectivity index (χ3n) is 4.30. The van der Waals surface area contributed by atoms with Gasteiger partial charge in [-0.2, -0.15) is 0 Å². The molecule has 0 atom stereocenters. The molecule has 21 heavy (non-hydrogen) atoms. The van der Waals surface area contributed by atoms with Gasteiger partial charge < -0.3 is 14.7 Å². The van der Waals surface area contributed by atoms with Crippen molar-refractivity contribution in [3.8, 4) is 0 Å². The zero-order chi connectivity index (χ0) is 13.8. The fourth-order valence-corrected chi connectivity index (χ4v) is 3.08. The minimum atomic E-state index is 0.